The molecule has 0 bridgehead atoms. The van der Waals surface area contributed by atoms with Crippen molar-refractivity contribution in [1.82, 2.24) is 99.7 Å². The van der Waals surface area contributed by atoms with Gasteiger partial charge in [0.2, 0.25) is 106 Å². The molecule has 0 fully saturated rings. The van der Waals surface area contributed by atoms with E-state index >= 15 is 0 Å². The first-order valence-corrected chi connectivity index (χ1v) is 42.8. The summed E-state index contributed by atoms with van der Waals surface area (Å²) in [6.45, 7) is 17.9. The van der Waals surface area contributed by atoms with Crippen molar-refractivity contribution >= 4 is 106 Å². The van der Waals surface area contributed by atoms with E-state index in [1.807, 2.05) is 0 Å². The highest BCUT2D eigenvalue weighted by molar-refractivity contribution is 6.02. The Labute approximate surface area is 733 Å². The molecule has 126 heavy (non-hydrogen) atoms. The Bertz CT molecular complexity index is 3990. The van der Waals surface area contributed by atoms with Crippen LogP contribution in [-0.2, 0) is 99.1 Å². The summed E-state index contributed by atoms with van der Waals surface area (Å²) >= 11 is 0. The van der Waals surface area contributed by atoms with Gasteiger partial charge < -0.3 is 128 Å². The van der Waals surface area contributed by atoms with Gasteiger partial charge in [0.1, 0.15) is 89.6 Å². The van der Waals surface area contributed by atoms with Crippen LogP contribution in [0.3, 0.4) is 0 Å². The maximum atomic E-state index is 14.9. The number of hydrogen-bond acceptors (Lipinski definition) is 24. The number of aromatic nitrogens is 4. The molecule has 2 aromatic rings. The molecule has 0 saturated carbocycles. The van der Waals surface area contributed by atoms with Crippen molar-refractivity contribution in [2.75, 3.05) is 26.4 Å². The molecule has 0 radical (unpaired) electrons. The fourth-order valence-electron chi connectivity index (χ4n) is 13.6. The molecule has 3 rings (SSSR count). The van der Waals surface area contributed by atoms with E-state index in [-0.39, 0.29) is 95.4 Å². The number of hydrogen-bond donors (Lipinski definition) is 24. The van der Waals surface area contributed by atoms with E-state index in [1.54, 1.807) is 81.4 Å². The van der Waals surface area contributed by atoms with Gasteiger partial charge in [-0.25, -0.2) is 9.97 Å². The van der Waals surface area contributed by atoms with Crippen molar-refractivity contribution in [1.29, 1.82) is 0 Å². The number of amides is 18. The summed E-state index contributed by atoms with van der Waals surface area (Å²) in [4.78, 5) is 265. The van der Waals surface area contributed by atoms with Gasteiger partial charge in [-0.05, 0) is 140 Å². The number of H-pyrrole nitrogens is 2. The molecule has 0 unspecified atom stereocenters. The summed E-state index contributed by atoms with van der Waals surface area (Å²) in [7, 11) is 0. The van der Waals surface area contributed by atoms with E-state index in [2.05, 4.69) is 99.7 Å². The highest BCUT2D eigenvalue weighted by Crippen LogP contribution is 2.22. The van der Waals surface area contributed by atoms with Crippen molar-refractivity contribution in [3.05, 3.63) is 48.6 Å². The van der Waals surface area contributed by atoms with Gasteiger partial charge in [0.05, 0.1) is 32.5 Å². The zero-order chi connectivity index (χ0) is 94.9. The maximum Gasteiger partial charge on any atom is 0.246 e. The van der Waals surface area contributed by atoms with E-state index in [4.69, 9.17) is 22.9 Å². The molecule has 1 aliphatic rings. The largest absolute Gasteiger partial charge is 0.394 e. The monoisotopic (exact) mass is 1780 g/mol. The molecule has 1 aliphatic heterocycles. The average Bonchev–Trinajstić information content (AvgIpc) is 0.906. The molecule has 0 aliphatic carbocycles. The van der Waals surface area contributed by atoms with Crippen LogP contribution in [0.2, 0.25) is 0 Å². The van der Waals surface area contributed by atoms with Crippen LogP contribution >= 0.6 is 0 Å². The van der Waals surface area contributed by atoms with Crippen LogP contribution in [-0.4, -0.2) is 258 Å². The van der Waals surface area contributed by atoms with Crippen LogP contribution in [0, 0.1) is 29.6 Å². The number of allylic oxidation sites excluding steroid dienone is 2. The van der Waals surface area contributed by atoms with E-state index in [0.29, 0.717) is 30.7 Å². The summed E-state index contributed by atoms with van der Waals surface area (Å²) in [5, 5.41) is 69.7. The molecule has 18 amide bonds. The van der Waals surface area contributed by atoms with Gasteiger partial charge in [-0.1, -0.05) is 87.8 Å². The van der Waals surface area contributed by atoms with Gasteiger partial charge in [0, 0.05) is 56.4 Å². The number of carbonyl (C=O) groups excluding carboxylic acids is 18. The lowest BCUT2D eigenvalue weighted by Crippen LogP contribution is -2.66. The SMILES string of the molecule is CC[C@H](C)[C@H](NC(=O)[C@H](CCCCN)NC(=O)[C@H](Cc1cnc[nH]1)NC(C)=O)C(=O)N[C@@H](CC(C)C)C(=O)N[C@@H](Cc1cnc[nH]1)C(=O)N[C@@H](CCC(N)=O)C(=O)N[C@@H](CC(C)C)C(=O)N[C@@H](CC(C)C)C(=O)N[C@@H](CCC(N)=O)C(=O)N[C@@]1(C)CCC/C=C/CCC[C@@](C)(C(=O)N[C@@H](CO)C(=O)N[C@H](C(N)=O)C(C)C)NC(=O)[C@H](CO)NC(=O)[C@H](CO)NC1=O. The summed E-state index contributed by atoms with van der Waals surface area (Å²) < 4.78 is 0. The van der Waals surface area contributed by atoms with Crippen LogP contribution in [0.15, 0.2) is 37.2 Å². The number of nitrogens with two attached hydrogens (primary N) is 4. The highest BCUT2D eigenvalue weighted by atomic mass is 16.3. The molecule has 44 heteroatoms. The van der Waals surface area contributed by atoms with Gasteiger partial charge in [0.15, 0.2) is 0 Å². The Morgan fingerprint density at radius 1 is 0.484 bits per heavy atom. The molecular formula is C82H137N23O21. The molecule has 16 atom stereocenters. The molecule has 44 nitrogen and oxygen atoms in total. The standard InChI is InChI=1S/C82H137N23O21/c1-14-47(10)65(103-68(114)51(23-19-22-30-83)92-72(118)57(91-48(11)109)34-49-36-87-41-89-49)78(124)98-56(33-45(6)7)71(117)97-58(35-50-37-88-42-90-50)73(119)93-52(24-26-62(84)110)67(113)95-55(32-44(4)5)70(116)96-54(31-43(2)3)69(115)94-53(25-27-63(85)111)76(122)104-81(12)28-20-17-15-16-18-21-29-82(13,80(126)101-60(39-107)75(121)102-64(46(8)9)66(86)112)105-77(123)61(40-108)99-74(120)59(38-106)100-79(81)125/h15-16,36-37,41-47,51-61,64-65,106-108H,14,17-35,38-40,83H2,1-13H3,(H2,84,110)(H2,85,111)(H2,86,112)(H,87,89)(H,88,90)(H,91,109)(H,92,118)(H,93,119)(H,94,115)(H,95,113)(H,96,116)(H,97,117)(H,98,124)(H,99,120)(H,100,125)(H,101,126)(H,102,121)(H,103,114)(H,104,122)(H,105,123)/b16-15+/t47-,51-,52-,53-,54-,55-,56-,57-,58-,59-,60-,61-,64-,65-,81-,82-/m0/s1. The predicted octanol–water partition coefficient (Wildman–Crippen LogP) is -5.14. The number of primary amides is 3. The second-order valence-electron chi connectivity index (χ2n) is 34.0. The Balaban J connectivity index is 1.99. The molecular weight excluding hydrogens is 1640 g/mol. The zero-order valence-electron chi connectivity index (χ0n) is 74.5. The van der Waals surface area contributed by atoms with Crippen molar-refractivity contribution in [3.8, 4) is 0 Å². The van der Waals surface area contributed by atoms with E-state index in [1.165, 1.54) is 45.8 Å². The minimum absolute atomic E-state index is 0.00522. The molecule has 3 heterocycles. The highest BCUT2D eigenvalue weighted by Gasteiger charge is 2.44. The fourth-order valence-corrected chi connectivity index (χ4v) is 13.6. The first-order valence-electron chi connectivity index (χ1n) is 42.8. The van der Waals surface area contributed by atoms with E-state index < -0.39 is 259 Å². The number of unbranched alkanes of at least 4 members (excludes halogenated alkanes) is 1. The number of aliphatic hydroxyl groups is 3. The summed E-state index contributed by atoms with van der Waals surface area (Å²) in [5.41, 5.74) is 19.3. The fraction of sp³-hybridized carbons (Fsp3) is 0.683. The van der Waals surface area contributed by atoms with E-state index in [0.717, 1.165) is 0 Å². The number of nitrogens with one attached hydrogen (secondary N) is 17. The quantitative estimate of drug-likeness (QED) is 0.0218. The molecule has 0 aromatic carbocycles. The van der Waals surface area contributed by atoms with Crippen LogP contribution in [0.4, 0.5) is 0 Å². The van der Waals surface area contributed by atoms with Crippen molar-refractivity contribution in [2.45, 2.75) is 302 Å². The molecule has 706 valence electrons. The smallest absolute Gasteiger partial charge is 0.246 e. The second kappa shape index (κ2) is 54.4. The van der Waals surface area contributed by atoms with Crippen LogP contribution in [0.1, 0.15) is 211 Å². The maximum absolute atomic E-state index is 14.9. The summed E-state index contributed by atoms with van der Waals surface area (Å²) in [5.74, 6) is -19.1. The molecule has 0 spiro atoms. The Morgan fingerprint density at radius 3 is 1.31 bits per heavy atom. The third-order valence-corrected chi connectivity index (χ3v) is 21.1. The van der Waals surface area contributed by atoms with Gasteiger partial charge in [-0.15, -0.1) is 0 Å². The van der Waals surface area contributed by atoms with Crippen LogP contribution in [0.25, 0.3) is 0 Å². The Morgan fingerprint density at radius 2 is 0.889 bits per heavy atom. The lowest BCUT2D eigenvalue weighted by atomic mass is 9.91. The molecule has 2 aromatic heterocycles. The van der Waals surface area contributed by atoms with Gasteiger partial charge in [-0.3, -0.25) is 86.3 Å². The lowest BCUT2D eigenvalue weighted by molar-refractivity contribution is -0.140. The zero-order valence-corrected chi connectivity index (χ0v) is 74.5. The van der Waals surface area contributed by atoms with Crippen molar-refractivity contribution in [2.24, 2.45) is 52.5 Å². The lowest BCUT2D eigenvalue weighted by Gasteiger charge is -2.34. The third kappa shape index (κ3) is 37.7. The van der Waals surface area contributed by atoms with Gasteiger partial charge in [0.25, 0.3) is 0 Å². The number of carbonyl (C=O) groups is 18. The second-order valence-corrected chi connectivity index (χ2v) is 34.0. The molecule has 28 N–H and O–H groups in total. The number of aliphatic hydroxyl groups excluding tert-OH is 3. The summed E-state index contributed by atoms with van der Waals surface area (Å²) in [6.07, 6.45) is 8.01. The number of aromatic amines is 2. The van der Waals surface area contributed by atoms with Crippen molar-refractivity contribution in [3.63, 3.8) is 0 Å². The van der Waals surface area contributed by atoms with Gasteiger partial charge in [-0.2, -0.15) is 0 Å². The number of rotatable bonds is 50. The predicted molar refractivity (Wildman–Crippen MR) is 458 cm³/mol. The first kappa shape index (κ1) is 109. The summed E-state index contributed by atoms with van der Waals surface area (Å²) in [6, 6.07) is -19.7. The molecule has 0 saturated heterocycles. The Hall–Kier alpha value is -11.5. The van der Waals surface area contributed by atoms with E-state index in [9.17, 15) is 102 Å². The van der Waals surface area contributed by atoms with Gasteiger partial charge >= 0.3 is 0 Å². The minimum Gasteiger partial charge on any atom is -0.394 e. The number of nitrogens with zero attached hydrogens (tertiary/aromatic N) is 2. The van der Waals surface area contributed by atoms with Crippen LogP contribution in [0.5, 0.6) is 0 Å². The number of imidazole rings is 2. The third-order valence-electron chi connectivity index (χ3n) is 21.1. The average molecular weight is 1780 g/mol. The first-order chi connectivity index (χ1) is 59.2. The van der Waals surface area contributed by atoms with Crippen molar-refractivity contribution < 1.29 is 102 Å². The minimum atomic E-state index is -2.04. The topological polar surface area (TPSA) is 710 Å². The normalized spacial score (nSPS) is 19.7. The van der Waals surface area contributed by atoms with Crippen LogP contribution < -0.4 is 103 Å². The Kier molecular flexibility index (Phi) is 46.9.